The largest absolute Gasteiger partial charge is 0.466 e. The molecule has 6 heteroatoms. The molecule has 134 valence electrons. The molecular formula is C20H20ClN3O2. The molecule has 0 saturated heterocycles. The number of anilines is 1. The number of fused-ring (bicyclic) bond motifs is 1. The number of nitrogens with one attached hydrogen (secondary N) is 1. The standard InChI is InChI=1S/C20H20ClN3O2/c1-2-18(25)26-13-5-12-22-20-16-6-3-4-7-17(16)23-19(24-20)14-8-10-15(21)11-9-14/h3-4,6-11H,2,5,12-13H2,1H3,(H,22,23,24). The average molecular weight is 370 g/mol. The van der Waals surface area contributed by atoms with Crippen LogP contribution in [0.15, 0.2) is 48.5 Å². The Kier molecular flexibility index (Phi) is 6.02. The van der Waals surface area contributed by atoms with E-state index in [0.717, 1.165) is 22.3 Å². The van der Waals surface area contributed by atoms with Crippen molar-refractivity contribution in [2.75, 3.05) is 18.5 Å². The number of nitrogens with zero attached hydrogens (tertiary/aromatic N) is 2. The monoisotopic (exact) mass is 369 g/mol. The lowest BCUT2D eigenvalue weighted by molar-refractivity contribution is -0.143. The lowest BCUT2D eigenvalue weighted by Gasteiger charge is -2.11. The first-order valence-electron chi connectivity index (χ1n) is 8.59. The second-order valence-electron chi connectivity index (χ2n) is 5.77. The quantitative estimate of drug-likeness (QED) is 0.483. The van der Waals surface area contributed by atoms with Gasteiger partial charge >= 0.3 is 5.97 Å². The van der Waals surface area contributed by atoms with Crippen molar-refractivity contribution < 1.29 is 9.53 Å². The Hall–Kier alpha value is -2.66. The highest BCUT2D eigenvalue weighted by atomic mass is 35.5. The minimum Gasteiger partial charge on any atom is -0.466 e. The van der Waals surface area contributed by atoms with Crippen molar-refractivity contribution in [2.24, 2.45) is 0 Å². The number of rotatable bonds is 7. The van der Waals surface area contributed by atoms with Crippen LogP contribution in [-0.2, 0) is 9.53 Å². The minimum atomic E-state index is -0.178. The van der Waals surface area contributed by atoms with E-state index < -0.39 is 0 Å². The number of ether oxygens (including phenoxy) is 1. The maximum Gasteiger partial charge on any atom is 0.305 e. The van der Waals surface area contributed by atoms with Gasteiger partial charge in [0.15, 0.2) is 5.82 Å². The van der Waals surface area contributed by atoms with Crippen LogP contribution < -0.4 is 5.32 Å². The molecule has 3 aromatic rings. The van der Waals surface area contributed by atoms with Gasteiger partial charge in [0.05, 0.1) is 12.1 Å². The molecule has 0 saturated carbocycles. The third kappa shape index (κ3) is 4.49. The number of esters is 1. The summed E-state index contributed by atoms with van der Waals surface area (Å²) in [5, 5.41) is 4.96. The van der Waals surface area contributed by atoms with Crippen molar-refractivity contribution in [1.29, 1.82) is 0 Å². The lowest BCUT2D eigenvalue weighted by atomic mass is 10.2. The van der Waals surface area contributed by atoms with Crippen LogP contribution in [0.2, 0.25) is 5.02 Å². The summed E-state index contributed by atoms with van der Waals surface area (Å²) in [5.74, 6) is 1.23. The van der Waals surface area contributed by atoms with Crippen LogP contribution in [0.4, 0.5) is 5.82 Å². The van der Waals surface area contributed by atoms with Crippen molar-refractivity contribution in [2.45, 2.75) is 19.8 Å². The van der Waals surface area contributed by atoms with Crippen LogP contribution in [0.5, 0.6) is 0 Å². The van der Waals surface area contributed by atoms with Crippen LogP contribution >= 0.6 is 11.6 Å². The van der Waals surface area contributed by atoms with Gasteiger partial charge in [-0.3, -0.25) is 4.79 Å². The van der Waals surface area contributed by atoms with Gasteiger partial charge in [-0.2, -0.15) is 0 Å². The van der Waals surface area contributed by atoms with Crippen molar-refractivity contribution in [3.05, 3.63) is 53.6 Å². The number of carbonyl (C=O) groups excluding carboxylic acids is 1. The van der Waals surface area contributed by atoms with E-state index in [2.05, 4.69) is 15.3 Å². The van der Waals surface area contributed by atoms with E-state index in [1.807, 2.05) is 48.5 Å². The maximum absolute atomic E-state index is 11.2. The zero-order valence-corrected chi connectivity index (χ0v) is 15.3. The smallest absolute Gasteiger partial charge is 0.305 e. The molecule has 0 aliphatic carbocycles. The molecule has 2 aromatic carbocycles. The molecule has 1 aromatic heterocycles. The van der Waals surface area contributed by atoms with Gasteiger partial charge in [0.25, 0.3) is 0 Å². The Bertz CT molecular complexity index is 897. The second-order valence-corrected chi connectivity index (χ2v) is 6.21. The summed E-state index contributed by atoms with van der Waals surface area (Å²) in [5.41, 5.74) is 1.77. The van der Waals surface area contributed by atoms with Gasteiger partial charge in [-0.05, 0) is 42.8 Å². The Morgan fingerprint density at radius 3 is 2.65 bits per heavy atom. The summed E-state index contributed by atoms with van der Waals surface area (Å²) in [4.78, 5) is 20.5. The predicted molar refractivity (Wildman–Crippen MR) is 104 cm³/mol. The van der Waals surface area contributed by atoms with Crippen LogP contribution in [0.25, 0.3) is 22.3 Å². The fourth-order valence-corrected chi connectivity index (χ4v) is 2.63. The Balaban J connectivity index is 1.79. The minimum absolute atomic E-state index is 0.178. The molecule has 1 heterocycles. The van der Waals surface area contributed by atoms with Crippen LogP contribution in [0, 0.1) is 0 Å². The number of benzene rings is 2. The first-order chi connectivity index (χ1) is 12.7. The van der Waals surface area contributed by atoms with E-state index in [1.165, 1.54) is 0 Å². The van der Waals surface area contributed by atoms with Crippen LogP contribution in [0.1, 0.15) is 19.8 Å². The molecule has 0 bridgehead atoms. The highest BCUT2D eigenvalue weighted by molar-refractivity contribution is 6.30. The fraction of sp³-hybridized carbons (Fsp3) is 0.250. The topological polar surface area (TPSA) is 64.1 Å². The Labute approximate surface area is 157 Å². The number of hydrogen-bond donors (Lipinski definition) is 1. The number of halogens is 1. The molecule has 5 nitrogen and oxygen atoms in total. The van der Waals surface area contributed by atoms with Gasteiger partial charge in [-0.25, -0.2) is 9.97 Å². The highest BCUT2D eigenvalue weighted by Crippen LogP contribution is 2.25. The van der Waals surface area contributed by atoms with Gasteiger partial charge in [0, 0.05) is 28.9 Å². The summed E-state index contributed by atoms with van der Waals surface area (Å²) in [7, 11) is 0. The number of para-hydroxylation sites is 1. The van der Waals surface area contributed by atoms with E-state index in [0.29, 0.717) is 36.8 Å². The summed E-state index contributed by atoms with van der Waals surface area (Å²) in [6.07, 6.45) is 1.11. The number of carbonyl (C=O) groups is 1. The van der Waals surface area contributed by atoms with E-state index in [9.17, 15) is 4.79 Å². The molecule has 3 rings (SSSR count). The molecule has 0 radical (unpaired) electrons. The van der Waals surface area contributed by atoms with Crippen molar-refractivity contribution in [3.8, 4) is 11.4 Å². The van der Waals surface area contributed by atoms with E-state index >= 15 is 0 Å². The number of aromatic nitrogens is 2. The Morgan fingerprint density at radius 2 is 1.88 bits per heavy atom. The molecule has 0 atom stereocenters. The maximum atomic E-state index is 11.2. The fourth-order valence-electron chi connectivity index (χ4n) is 2.51. The molecule has 26 heavy (non-hydrogen) atoms. The zero-order chi connectivity index (χ0) is 18.4. The molecule has 0 unspecified atom stereocenters. The average Bonchev–Trinajstić information content (AvgIpc) is 2.67. The van der Waals surface area contributed by atoms with E-state index in [1.54, 1.807) is 6.92 Å². The van der Waals surface area contributed by atoms with Crippen LogP contribution in [0.3, 0.4) is 0 Å². The second kappa shape index (κ2) is 8.63. The summed E-state index contributed by atoms with van der Waals surface area (Å²) in [6, 6.07) is 15.3. The molecule has 1 N–H and O–H groups in total. The predicted octanol–water partition coefficient (Wildman–Crippen LogP) is 4.71. The Morgan fingerprint density at radius 1 is 1.12 bits per heavy atom. The third-order valence-electron chi connectivity index (χ3n) is 3.87. The van der Waals surface area contributed by atoms with Gasteiger partial charge in [0.2, 0.25) is 0 Å². The molecule has 0 spiro atoms. The zero-order valence-electron chi connectivity index (χ0n) is 14.5. The first-order valence-corrected chi connectivity index (χ1v) is 8.97. The third-order valence-corrected chi connectivity index (χ3v) is 4.12. The normalized spacial score (nSPS) is 10.7. The van der Waals surface area contributed by atoms with Crippen molar-refractivity contribution in [1.82, 2.24) is 9.97 Å². The van der Waals surface area contributed by atoms with Crippen molar-refractivity contribution in [3.63, 3.8) is 0 Å². The molecule has 0 aliphatic heterocycles. The molecule has 0 amide bonds. The number of hydrogen-bond acceptors (Lipinski definition) is 5. The van der Waals surface area contributed by atoms with E-state index in [-0.39, 0.29) is 5.97 Å². The summed E-state index contributed by atoms with van der Waals surface area (Å²) in [6.45, 7) is 2.83. The van der Waals surface area contributed by atoms with E-state index in [4.69, 9.17) is 16.3 Å². The highest BCUT2D eigenvalue weighted by Gasteiger charge is 2.09. The summed E-state index contributed by atoms with van der Waals surface area (Å²) >= 11 is 5.97. The van der Waals surface area contributed by atoms with Gasteiger partial charge in [-0.15, -0.1) is 0 Å². The van der Waals surface area contributed by atoms with Gasteiger partial charge in [-0.1, -0.05) is 30.7 Å². The van der Waals surface area contributed by atoms with Gasteiger partial charge in [0.1, 0.15) is 5.82 Å². The van der Waals surface area contributed by atoms with Gasteiger partial charge < -0.3 is 10.1 Å². The molecular weight excluding hydrogens is 350 g/mol. The molecule has 0 aliphatic rings. The van der Waals surface area contributed by atoms with Crippen molar-refractivity contribution >= 4 is 34.3 Å². The SMILES string of the molecule is CCC(=O)OCCCNc1nc(-c2ccc(Cl)cc2)nc2ccccc12. The first kappa shape index (κ1) is 18.1. The molecule has 0 fully saturated rings. The van der Waals surface area contributed by atoms with Crippen LogP contribution in [-0.4, -0.2) is 29.1 Å². The lowest BCUT2D eigenvalue weighted by Crippen LogP contribution is -2.10. The summed E-state index contributed by atoms with van der Waals surface area (Å²) < 4.78 is 5.10.